The highest BCUT2D eigenvalue weighted by atomic mass is 19.1. The van der Waals surface area contributed by atoms with E-state index < -0.39 is 6.04 Å². The van der Waals surface area contributed by atoms with Crippen molar-refractivity contribution in [2.24, 2.45) is 0 Å². The van der Waals surface area contributed by atoms with Crippen LogP contribution in [0.25, 0.3) is 0 Å². The summed E-state index contributed by atoms with van der Waals surface area (Å²) in [6, 6.07) is 10.3. The minimum atomic E-state index is -0.473. The van der Waals surface area contributed by atoms with E-state index in [0.717, 1.165) is 16.8 Å². The van der Waals surface area contributed by atoms with E-state index in [0.29, 0.717) is 24.3 Å². The molecule has 130 valence electrons. The van der Waals surface area contributed by atoms with Gasteiger partial charge in [-0.05, 0) is 36.2 Å². The van der Waals surface area contributed by atoms with Crippen molar-refractivity contribution in [3.63, 3.8) is 0 Å². The van der Waals surface area contributed by atoms with Gasteiger partial charge in [-0.25, -0.2) is 15.2 Å². The van der Waals surface area contributed by atoms with Crippen LogP contribution < -0.4 is 26.8 Å². The zero-order valence-corrected chi connectivity index (χ0v) is 13.8. The minimum absolute atomic E-state index is 0.00228. The first-order valence-electron chi connectivity index (χ1n) is 8.29. The van der Waals surface area contributed by atoms with Crippen molar-refractivity contribution in [2.45, 2.75) is 25.6 Å². The Hall–Kier alpha value is -2.48. The van der Waals surface area contributed by atoms with Crippen molar-refractivity contribution in [1.29, 1.82) is 0 Å². The molecule has 4 rings (SSSR count). The second kappa shape index (κ2) is 6.44. The highest BCUT2D eigenvalue weighted by molar-refractivity contribution is 5.98. The van der Waals surface area contributed by atoms with Crippen LogP contribution in [-0.4, -0.2) is 18.6 Å². The molecule has 0 aromatic heterocycles. The van der Waals surface area contributed by atoms with E-state index in [2.05, 4.69) is 26.8 Å². The maximum Gasteiger partial charge on any atom is 0.247 e. The third kappa shape index (κ3) is 3.09. The van der Waals surface area contributed by atoms with E-state index in [1.807, 2.05) is 31.2 Å². The van der Waals surface area contributed by atoms with Gasteiger partial charge in [-0.2, -0.15) is 0 Å². The number of hydrogen-bond acceptors (Lipinski definition) is 5. The lowest BCUT2D eigenvalue weighted by atomic mass is 10.1. The van der Waals surface area contributed by atoms with Gasteiger partial charge in [0.1, 0.15) is 11.9 Å². The number of hydrazine groups is 1. The molecule has 2 aromatic rings. The predicted molar refractivity (Wildman–Crippen MR) is 94.3 cm³/mol. The number of rotatable bonds is 3. The predicted octanol–water partition coefficient (Wildman–Crippen LogP) is 1.76. The van der Waals surface area contributed by atoms with Crippen LogP contribution >= 0.6 is 0 Å². The van der Waals surface area contributed by atoms with Crippen molar-refractivity contribution >= 4 is 17.3 Å². The van der Waals surface area contributed by atoms with Gasteiger partial charge in [0.05, 0.1) is 12.8 Å². The first-order chi connectivity index (χ1) is 12.1. The van der Waals surface area contributed by atoms with Crippen molar-refractivity contribution in [3.05, 3.63) is 58.9 Å². The second-order valence-electron chi connectivity index (χ2n) is 6.37. The summed E-state index contributed by atoms with van der Waals surface area (Å²) in [6.07, 6.45) is 0.353. The average molecular weight is 341 g/mol. The molecule has 5 N–H and O–H groups in total. The lowest BCUT2D eigenvalue weighted by Gasteiger charge is -2.15. The molecule has 7 heteroatoms. The zero-order valence-electron chi connectivity index (χ0n) is 13.8. The van der Waals surface area contributed by atoms with Crippen LogP contribution in [0.3, 0.4) is 0 Å². The van der Waals surface area contributed by atoms with Crippen molar-refractivity contribution in [1.82, 2.24) is 16.2 Å². The molecule has 2 heterocycles. The van der Waals surface area contributed by atoms with Crippen LogP contribution in [0.15, 0.2) is 36.4 Å². The van der Waals surface area contributed by atoms with Crippen LogP contribution in [-0.2, 0) is 11.2 Å². The molecule has 2 unspecified atom stereocenters. The summed E-state index contributed by atoms with van der Waals surface area (Å²) in [4.78, 5) is 12.6. The maximum atomic E-state index is 14.0. The zero-order chi connectivity index (χ0) is 17.4. The van der Waals surface area contributed by atoms with E-state index in [1.165, 1.54) is 6.07 Å². The van der Waals surface area contributed by atoms with Gasteiger partial charge >= 0.3 is 0 Å². The van der Waals surface area contributed by atoms with E-state index in [1.54, 1.807) is 6.07 Å². The lowest BCUT2D eigenvalue weighted by molar-refractivity contribution is -0.116. The highest BCUT2D eigenvalue weighted by Gasteiger charge is 2.30. The van der Waals surface area contributed by atoms with Crippen molar-refractivity contribution < 1.29 is 9.18 Å². The fourth-order valence-corrected chi connectivity index (χ4v) is 3.31. The molecule has 25 heavy (non-hydrogen) atoms. The Labute approximate surface area is 145 Å². The average Bonchev–Trinajstić information content (AvgIpc) is 3.28. The summed E-state index contributed by atoms with van der Waals surface area (Å²) in [5, 5.41) is 9.31. The monoisotopic (exact) mass is 341 g/mol. The smallest absolute Gasteiger partial charge is 0.247 e. The fourth-order valence-electron chi connectivity index (χ4n) is 3.31. The molecule has 0 spiro atoms. The Balaban J connectivity index is 1.47. The summed E-state index contributed by atoms with van der Waals surface area (Å²) in [5.41, 5.74) is 10.1. The number of anilines is 2. The van der Waals surface area contributed by atoms with E-state index in [-0.39, 0.29) is 17.9 Å². The molecule has 2 atom stereocenters. The SMILES string of the molecule is Cc1ccc(F)c2c1NC(C(=O)Nc1cccc(C3NCNN3)c1)C2. The summed E-state index contributed by atoms with van der Waals surface area (Å²) in [7, 11) is 0. The number of hydrogen-bond donors (Lipinski definition) is 5. The van der Waals surface area contributed by atoms with E-state index in [9.17, 15) is 9.18 Å². The summed E-state index contributed by atoms with van der Waals surface area (Å²) >= 11 is 0. The van der Waals surface area contributed by atoms with Crippen LogP contribution in [0.4, 0.5) is 15.8 Å². The number of carbonyl (C=O) groups is 1. The van der Waals surface area contributed by atoms with Gasteiger partial charge in [0, 0.05) is 23.4 Å². The molecule has 2 aromatic carbocycles. The number of benzene rings is 2. The van der Waals surface area contributed by atoms with Crippen LogP contribution in [0.1, 0.15) is 22.9 Å². The van der Waals surface area contributed by atoms with Gasteiger partial charge in [-0.3, -0.25) is 10.1 Å². The van der Waals surface area contributed by atoms with Crippen LogP contribution in [0.2, 0.25) is 0 Å². The topological polar surface area (TPSA) is 77.2 Å². The molecule has 0 bridgehead atoms. The molecule has 2 aliphatic heterocycles. The van der Waals surface area contributed by atoms with Gasteiger partial charge < -0.3 is 10.6 Å². The molecule has 0 saturated carbocycles. The number of nitrogens with one attached hydrogen (secondary N) is 5. The molecule has 1 fully saturated rings. The number of aryl methyl sites for hydroxylation is 1. The van der Waals surface area contributed by atoms with Gasteiger partial charge in [0.2, 0.25) is 5.91 Å². The molecule has 2 aliphatic rings. The molecule has 0 aliphatic carbocycles. The first-order valence-corrected chi connectivity index (χ1v) is 8.29. The number of fused-ring (bicyclic) bond motifs is 1. The molecule has 1 saturated heterocycles. The first kappa shape index (κ1) is 16.0. The van der Waals surface area contributed by atoms with Gasteiger partial charge in [-0.1, -0.05) is 18.2 Å². The maximum absolute atomic E-state index is 14.0. The standard InChI is InChI=1S/C18H20FN5O/c1-10-5-6-14(19)13-8-15(23-16(10)13)18(25)22-12-4-2-3-11(7-12)17-20-9-21-24-17/h2-7,15,17,20-21,23-24H,8-9H2,1H3,(H,22,25). The third-order valence-electron chi connectivity index (χ3n) is 4.64. The summed E-state index contributed by atoms with van der Waals surface area (Å²) in [5.74, 6) is -0.436. The number of amides is 1. The van der Waals surface area contributed by atoms with E-state index in [4.69, 9.17) is 0 Å². The lowest BCUT2D eigenvalue weighted by Crippen LogP contribution is -2.33. The summed E-state index contributed by atoms with van der Waals surface area (Å²) in [6.45, 7) is 2.58. The Bertz CT molecular complexity index is 788. The largest absolute Gasteiger partial charge is 0.373 e. The summed E-state index contributed by atoms with van der Waals surface area (Å²) < 4.78 is 14.0. The molecule has 1 amide bonds. The third-order valence-corrected chi connectivity index (χ3v) is 4.64. The van der Waals surface area contributed by atoms with Gasteiger partial charge in [0.25, 0.3) is 0 Å². The molecular weight excluding hydrogens is 321 g/mol. The number of carbonyl (C=O) groups excluding carboxylic acids is 1. The quantitative estimate of drug-likeness (QED) is 0.588. The van der Waals surface area contributed by atoms with Crippen molar-refractivity contribution in [3.8, 4) is 0 Å². The Morgan fingerprint density at radius 1 is 1.28 bits per heavy atom. The Kier molecular flexibility index (Phi) is 4.12. The number of halogens is 1. The molecule has 6 nitrogen and oxygen atoms in total. The van der Waals surface area contributed by atoms with Gasteiger partial charge in [-0.15, -0.1) is 0 Å². The fraction of sp³-hybridized carbons (Fsp3) is 0.278. The molecular formula is C18H20FN5O. The van der Waals surface area contributed by atoms with E-state index >= 15 is 0 Å². The van der Waals surface area contributed by atoms with Crippen LogP contribution in [0.5, 0.6) is 0 Å². The Morgan fingerprint density at radius 2 is 2.16 bits per heavy atom. The minimum Gasteiger partial charge on any atom is -0.373 e. The Morgan fingerprint density at radius 3 is 2.92 bits per heavy atom. The normalized spacial score (nSPS) is 21.7. The van der Waals surface area contributed by atoms with Gasteiger partial charge in [0.15, 0.2) is 0 Å². The second-order valence-corrected chi connectivity index (χ2v) is 6.37. The highest BCUT2D eigenvalue weighted by Crippen LogP contribution is 2.31. The van der Waals surface area contributed by atoms with Crippen LogP contribution in [0, 0.1) is 12.7 Å². The van der Waals surface area contributed by atoms with Crippen molar-refractivity contribution in [2.75, 3.05) is 17.3 Å². The molecule has 0 radical (unpaired) electrons.